The van der Waals surface area contributed by atoms with E-state index in [2.05, 4.69) is 31.2 Å². The third kappa shape index (κ3) is 7.02. The quantitative estimate of drug-likeness (QED) is 0.263. The minimum absolute atomic E-state index is 0.0541. The Morgan fingerprint density at radius 2 is 1.52 bits per heavy atom. The fourth-order valence-corrected chi connectivity index (χ4v) is 6.24. The summed E-state index contributed by atoms with van der Waals surface area (Å²) in [6.45, 7) is 0. The van der Waals surface area contributed by atoms with Gasteiger partial charge >= 0.3 is 6.36 Å². The molecule has 1 saturated carbocycles. The lowest BCUT2D eigenvalue weighted by molar-refractivity contribution is -0.274. The second kappa shape index (κ2) is 11.6. The lowest BCUT2D eigenvalue weighted by atomic mass is 9.93. The second-order valence-electron chi connectivity index (χ2n) is 9.93. The van der Waals surface area contributed by atoms with Crippen LogP contribution in [0.5, 0.6) is 5.75 Å². The van der Waals surface area contributed by atoms with E-state index in [1.807, 2.05) is 0 Å². The molecule has 13 heteroatoms. The number of rotatable bonds is 8. The highest BCUT2D eigenvalue weighted by Gasteiger charge is 2.32. The molecule has 40 heavy (non-hydrogen) atoms. The van der Waals surface area contributed by atoms with Gasteiger partial charge in [0.25, 0.3) is 0 Å². The Labute approximate surface area is 230 Å². The highest BCUT2D eigenvalue weighted by molar-refractivity contribution is 7.91. The van der Waals surface area contributed by atoms with Gasteiger partial charge in [0, 0.05) is 18.5 Å². The average molecular weight is 578 g/mol. The summed E-state index contributed by atoms with van der Waals surface area (Å²) in [4.78, 5) is 4.87. The van der Waals surface area contributed by atoms with E-state index >= 15 is 0 Å². The number of hydrogen-bond donors (Lipinski definition) is 5. The van der Waals surface area contributed by atoms with Crippen molar-refractivity contribution >= 4 is 21.5 Å². The molecule has 2 aromatic carbocycles. The standard InChI is InChI=1S/C27H30F3N5O4S/c28-27(29,30)39-20-12-6-17(7-13-20)23-16-26(35-34-23)33-25-15-22(40(37,38)21-4-2-1-3-5-21)14-24(32-25)31-18-8-10-19(36)11-9-18/h1-7,12-15,18-19,23,26,34-36H,8-11,16H2,(H2,31,32,33). The predicted molar refractivity (Wildman–Crippen MR) is 142 cm³/mol. The molecule has 0 bridgehead atoms. The van der Waals surface area contributed by atoms with Crippen LogP contribution in [0, 0.1) is 0 Å². The van der Waals surface area contributed by atoms with Crippen LogP contribution in [0.3, 0.4) is 0 Å². The van der Waals surface area contributed by atoms with Gasteiger partial charge in [-0.3, -0.25) is 0 Å². The maximum atomic E-state index is 13.4. The molecule has 3 aromatic rings. The Bertz CT molecular complexity index is 1400. The second-order valence-corrected chi connectivity index (χ2v) is 11.9. The zero-order valence-electron chi connectivity index (χ0n) is 21.4. The van der Waals surface area contributed by atoms with Gasteiger partial charge < -0.3 is 20.5 Å². The number of benzene rings is 2. The summed E-state index contributed by atoms with van der Waals surface area (Å²) in [7, 11) is -3.83. The number of anilines is 2. The third-order valence-corrected chi connectivity index (χ3v) is 8.70. The SMILES string of the molecule is O=S(=O)(c1ccccc1)c1cc(NC2CCC(O)CC2)nc(NC2CC(c3ccc(OC(F)(F)F)cc3)NN2)c1. The van der Waals surface area contributed by atoms with Crippen LogP contribution in [-0.4, -0.2) is 43.2 Å². The van der Waals surface area contributed by atoms with E-state index in [0.717, 1.165) is 18.4 Å². The molecule has 0 radical (unpaired) electrons. The van der Waals surface area contributed by atoms with Crippen molar-refractivity contribution in [3.63, 3.8) is 0 Å². The number of sulfone groups is 1. The lowest BCUT2D eigenvalue weighted by Gasteiger charge is -2.27. The molecule has 2 fully saturated rings. The first kappa shape index (κ1) is 28.1. The van der Waals surface area contributed by atoms with Gasteiger partial charge in [-0.1, -0.05) is 30.3 Å². The average Bonchev–Trinajstić information content (AvgIpc) is 3.38. The summed E-state index contributed by atoms with van der Waals surface area (Å²) in [5.74, 6) is 0.443. The topological polar surface area (TPSA) is 125 Å². The molecule has 2 atom stereocenters. The van der Waals surface area contributed by atoms with Crippen molar-refractivity contribution in [3.05, 3.63) is 72.3 Å². The van der Waals surface area contributed by atoms with Crippen molar-refractivity contribution in [3.8, 4) is 5.75 Å². The minimum atomic E-state index is -4.76. The minimum Gasteiger partial charge on any atom is -0.406 e. The number of hydrogen-bond acceptors (Lipinski definition) is 9. The Morgan fingerprint density at radius 3 is 2.17 bits per heavy atom. The van der Waals surface area contributed by atoms with Crippen LogP contribution in [0.1, 0.15) is 43.7 Å². The number of aliphatic hydroxyl groups is 1. The molecule has 5 N–H and O–H groups in total. The van der Waals surface area contributed by atoms with E-state index < -0.39 is 16.2 Å². The van der Waals surface area contributed by atoms with E-state index in [1.54, 1.807) is 30.3 Å². The number of alkyl halides is 3. The molecular weight excluding hydrogens is 547 g/mol. The lowest BCUT2D eigenvalue weighted by Crippen LogP contribution is -2.36. The smallest absolute Gasteiger partial charge is 0.406 e. The van der Waals surface area contributed by atoms with Gasteiger partial charge in [0.1, 0.15) is 17.4 Å². The number of aromatic nitrogens is 1. The largest absolute Gasteiger partial charge is 0.573 e. The molecule has 9 nitrogen and oxygen atoms in total. The molecule has 1 aliphatic carbocycles. The van der Waals surface area contributed by atoms with Crippen molar-refractivity contribution in [2.45, 2.75) is 72.6 Å². The molecule has 2 unspecified atom stereocenters. The van der Waals surface area contributed by atoms with E-state index in [1.165, 1.54) is 36.4 Å². The molecule has 5 rings (SSSR count). The number of aliphatic hydroxyl groups excluding tert-OH is 1. The van der Waals surface area contributed by atoms with Crippen LogP contribution in [-0.2, 0) is 9.84 Å². The zero-order chi connectivity index (χ0) is 28.3. The van der Waals surface area contributed by atoms with Crippen LogP contribution in [0.15, 0.2) is 76.5 Å². The van der Waals surface area contributed by atoms with Crippen molar-refractivity contribution in [2.24, 2.45) is 0 Å². The Morgan fingerprint density at radius 1 is 0.875 bits per heavy atom. The maximum Gasteiger partial charge on any atom is 0.573 e. The molecule has 2 aliphatic rings. The normalized spacial score (nSPS) is 23.5. The first-order chi connectivity index (χ1) is 19.0. The van der Waals surface area contributed by atoms with Gasteiger partial charge in [-0.15, -0.1) is 13.2 Å². The summed E-state index contributed by atoms with van der Waals surface area (Å²) in [6, 6.07) is 16.6. The maximum absolute atomic E-state index is 13.4. The molecule has 0 amide bonds. The summed E-state index contributed by atoms with van der Waals surface area (Å²) in [5, 5.41) is 16.4. The summed E-state index contributed by atoms with van der Waals surface area (Å²) in [5.41, 5.74) is 6.95. The Hall–Kier alpha value is -3.39. The summed E-state index contributed by atoms with van der Waals surface area (Å²) >= 11 is 0. The van der Waals surface area contributed by atoms with E-state index in [0.29, 0.717) is 30.9 Å². The fraction of sp³-hybridized carbons (Fsp3) is 0.370. The van der Waals surface area contributed by atoms with E-state index in [4.69, 9.17) is 0 Å². The van der Waals surface area contributed by atoms with Crippen molar-refractivity contribution in [1.29, 1.82) is 0 Å². The summed E-state index contributed by atoms with van der Waals surface area (Å²) in [6.07, 6.45) is -2.13. The Kier molecular flexibility index (Phi) is 8.17. The van der Waals surface area contributed by atoms with Crippen LogP contribution >= 0.6 is 0 Å². The number of pyridine rings is 1. The highest BCUT2D eigenvalue weighted by Crippen LogP contribution is 2.30. The first-order valence-corrected chi connectivity index (χ1v) is 14.4. The van der Waals surface area contributed by atoms with Gasteiger partial charge in [-0.05, 0) is 67.6 Å². The predicted octanol–water partition coefficient (Wildman–Crippen LogP) is 4.51. The van der Waals surface area contributed by atoms with Crippen molar-refractivity contribution < 1.29 is 31.4 Å². The van der Waals surface area contributed by atoms with Crippen LogP contribution < -0.4 is 26.2 Å². The monoisotopic (exact) mass is 577 g/mol. The van der Waals surface area contributed by atoms with Crippen LogP contribution in [0.2, 0.25) is 0 Å². The molecule has 2 heterocycles. The van der Waals surface area contributed by atoms with Gasteiger partial charge in [-0.2, -0.15) is 0 Å². The number of nitrogens with one attached hydrogen (secondary N) is 4. The number of hydrazine groups is 1. The van der Waals surface area contributed by atoms with E-state index in [9.17, 15) is 26.7 Å². The van der Waals surface area contributed by atoms with E-state index in [-0.39, 0.29) is 39.9 Å². The van der Waals surface area contributed by atoms with Crippen molar-refractivity contribution in [1.82, 2.24) is 15.8 Å². The van der Waals surface area contributed by atoms with Gasteiger partial charge in [0.15, 0.2) is 0 Å². The number of nitrogens with zero attached hydrogens (tertiary/aromatic N) is 1. The van der Waals surface area contributed by atoms with Gasteiger partial charge in [-0.25, -0.2) is 24.3 Å². The molecule has 1 aliphatic heterocycles. The zero-order valence-corrected chi connectivity index (χ0v) is 22.2. The van der Waals surface area contributed by atoms with Crippen LogP contribution in [0.4, 0.5) is 24.8 Å². The van der Waals surface area contributed by atoms with Gasteiger partial charge in [0.2, 0.25) is 9.84 Å². The number of ether oxygens (including phenoxy) is 1. The van der Waals surface area contributed by atoms with Crippen molar-refractivity contribution in [2.75, 3.05) is 10.6 Å². The highest BCUT2D eigenvalue weighted by atomic mass is 32.2. The molecule has 1 saturated heterocycles. The molecule has 0 spiro atoms. The number of halogens is 3. The third-order valence-electron chi connectivity index (χ3n) is 6.95. The molecular formula is C27H30F3N5O4S. The molecule has 214 valence electrons. The van der Waals surface area contributed by atoms with Crippen LogP contribution in [0.25, 0.3) is 0 Å². The molecule has 1 aromatic heterocycles. The fourth-order valence-electron chi connectivity index (χ4n) is 4.92. The van der Waals surface area contributed by atoms with Gasteiger partial charge in [0.05, 0.1) is 22.1 Å². The Balaban J connectivity index is 1.33. The first-order valence-electron chi connectivity index (χ1n) is 13.0. The summed E-state index contributed by atoms with van der Waals surface area (Å²) < 4.78 is 68.2.